The zero-order valence-corrected chi connectivity index (χ0v) is 14.1. The first-order valence-electron chi connectivity index (χ1n) is 7.26. The highest BCUT2D eigenvalue weighted by Gasteiger charge is 2.19. The summed E-state index contributed by atoms with van der Waals surface area (Å²) in [6.45, 7) is 0. The van der Waals surface area contributed by atoms with Gasteiger partial charge >= 0.3 is 5.97 Å². The summed E-state index contributed by atoms with van der Waals surface area (Å²) < 4.78 is 12.3. The summed E-state index contributed by atoms with van der Waals surface area (Å²) in [6.07, 6.45) is 3.45. The Morgan fingerprint density at radius 3 is 2.33 bits per heavy atom. The molecule has 0 atom stereocenters. The highest BCUT2D eigenvalue weighted by Crippen LogP contribution is 2.23. The van der Waals surface area contributed by atoms with E-state index in [-0.39, 0.29) is 0 Å². The van der Waals surface area contributed by atoms with Crippen molar-refractivity contribution in [1.29, 1.82) is 0 Å². The lowest BCUT2D eigenvalue weighted by Gasteiger charge is -2.10. The minimum atomic E-state index is -0.461. The molecule has 2 aromatic carbocycles. The third kappa shape index (κ3) is 3.28. The number of carbonyl (C=O) groups excluding carboxylic acids is 1. The molecule has 5 nitrogen and oxygen atoms in total. The Hall–Kier alpha value is -2.73. The van der Waals surface area contributed by atoms with Crippen molar-refractivity contribution in [3.05, 3.63) is 66.5 Å². The van der Waals surface area contributed by atoms with E-state index in [2.05, 4.69) is 4.98 Å². The number of aromatic nitrogens is 2. The van der Waals surface area contributed by atoms with E-state index in [1.54, 1.807) is 35.9 Å². The lowest BCUT2D eigenvalue weighted by Crippen LogP contribution is -2.14. The third-order valence-electron chi connectivity index (χ3n) is 3.41. The SMILES string of the molecule is COc1ccc(OC(=O)c2cnc(SC)n2-c2ccccc2)cc1. The molecule has 0 radical (unpaired) electrons. The molecule has 0 saturated carbocycles. The number of para-hydroxylation sites is 1. The highest BCUT2D eigenvalue weighted by molar-refractivity contribution is 7.98. The maximum atomic E-state index is 12.6. The van der Waals surface area contributed by atoms with Gasteiger partial charge in [0, 0.05) is 5.69 Å². The number of nitrogens with zero attached hydrogens (tertiary/aromatic N) is 2. The Morgan fingerprint density at radius 2 is 1.71 bits per heavy atom. The number of benzene rings is 2. The maximum absolute atomic E-state index is 12.6. The topological polar surface area (TPSA) is 53.4 Å². The van der Waals surface area contributed by atoms with E-state index in [9.17, 15) is 4.79 Å². The average molecular weight is 340 g/mol. The summed E-state index contributed by atoms with van der Waals surface area (Å²) >= 11 is 1.47. The molecule has 0 bridgehead atoms. The second-order valence-corrected chi connectivity index (χ2v) is 5.64. The fraction of sp³-hybridized carbons (Fsp3) is 0.111. The van der Waals surface area contributed by atoms with Gasteiger partial charge in [-0.2, -0.15) is 0 Å². The summed E-state index contributed by atoms with van der Waals surface area (Å²) in [6, 6.07) is 16.5. The zero-order chi connectivity index (χ0) is 16.9. The van der Waals surface area contributed by atoms with Gasteiger partial charge in [0.15, 0.2) is 10.9 Å². The van der Waals surface area contributed by atoms with Crippen molar-refractivity contribution in [3.8, 4) is 17.2 Å². The van der Waals surface area contributed by atoms with Crippen LogP contribution < -0.4 is 9.47 Å². The minimum absolute atomic E-state index is 0.376. The predicted molar refractivity (Wildman–Crippen MR) is 93.3 cm³/mol. The summed E-state index contributed by atoms with van der Waals surface area (Å²) in [4.78, 5) is 16.9. The summed E-state index contributed by atoms with van der Waals surface area (Å²) in [5.74, 6) is 0.693. The predicted octanol–water partition coefficient (Wildman–Crippen LogP) is 3.82. The summed E-state index contributed by atoms with van der Waals surface area (Å²) in [7, 11) is 1.59. The van der Waals surface area contributed by atoms with Crippen LogP contribution in [0.5, 0.6) is 11.5 Å². The van der Waals surface area contributed by atoms with Crippen LogP contribution in [0, 0.1) is 0 Å². The van der Waals surface area contributed by atoms with E-state index in [4.69, 9.17) is 9.47 Å². The monoisotopic (exact) mass is 340 g/mol. The Labute approximate surface area is 144 Å². The van der Waals surface area contributed by atoms with Gasteiger partial charge in [0.2, 0.25) is 0 Å². The van der Waals surface area contributed by atoms with Crippen LogP contribution in [0.4, 0.5) is 0 Å². The molecule has 0 saturated heterocycles. The number of thioether (sulfide) groups is 1. The van der Waals surface area contributed by atoms with Crippen LogP contribution in [0.1, 0.15) is 10.5 Å². The fourth-order valence-electron chi connectivity index (χ4n) is 2.25. The van der Waals surface area contributed by atoms with Crippen molar-refractivity contribution in [2.75, 3.05) is 13.4 Å². The molecule has 0 aliphatic rings. The molecule has 122 valence electrons. The number of rotatable bonds is 5. The Morgan fingerprint density at radius 1 is 1.04 bits per heavy atom. The first-order valence-corrected chi connectivity index (χ1v) is 8.49. The Balaban J connectivity index is 1.91. The van der Waals surface area contributed by atoms with Gasteiger partial charge in [-0.05, 0) is 42.7 Å². The van der Waals surface area contributed by atoms with Gasteiger partial charge in [-0.15, -0.1) is 0 Å². The van der Waals surface area contributed by atoms with Crippen molar-refractivity contribution >= 4 is 17.7 Å². The summed E-state index contributed by atoms with van der Waals surface area (Å²) in [5, 5.41) is 0.725. The Bertz CT molecular complexity index is 829. The number of esters is 1. The van der Waals surface area contributed by atoms with Gasteiger partial charge in [0.25, 0.3) is 0 Å². The molecule has 0 aliphatic carbocycles. The van der Waals surface area contributed by atoms with Crippen LogP contribution in [0.3, 0.4) is 0 Å². The Kier molecular flexibility index (Phi) is 4.86. The van der Waals surface area contributed by atoms with E-state index in [1.807, 2.05) is 36.6 Å². The molecule has 24 heavy (non-hydrogen) atoms. The smallest absolute Gasteiger partial charge is 0.362 e. The van der Waals surface area contributed by atoms with Crippen molar-refractivity contribution in [2.24, 2.45) is 0 Å². The fourth-order valence-corrected chi connectivity index (χ4v) is 2.80. The van der Waals surface area contributed by atoms with Gasteiger partial charge < -0.3 is 9.47 Å². The van der Waals surface area contributed by atoms with Crippen LogP contribution in [0.2, 0.25) is 0 Å². The number of carbonyl (C=O) groups is 1. The largest absolute Gasteiger partial charge is 0.497 e. The molecule has 1 heterocycles. The van der Waals surface area contributed by atoms with Crippen molar-refractivity contribution in [3.63, 3.8) is 0 Å². The van der Waals surface area contributed by atoms with Crippen LogP contribution >= 0.6 is 11.8 Å². The van der Waals surface area contributed by atoms with E-state index in [0.29, 0.717) is 17.2 Å². The number of methoxy groups -OCH3 is 1. The van der Waals surface area contributed by atoms with Crippen LogP contribution in [-0.4, -0.2) is 28.9 Å². The molecule has 3 rings (SSSR count). The number of imidazole rings is 1. The van der Waals surface area contributed by atoms with E-state index < -0.39 is 5.97 Å². The lowest BCUT2D eigenvalue weighted by atomic mass is 10.3. The molecule has 0 unspecified atom stereocenters. The normalized spacial score (nSPS) is 10.4. The van der Waals surface area contributed by atoms with E-state index in [1.165, 1.54) is 18.0 Å². The van der Waals surface area contributed by atoms with Gasteiger partial charge in [-0.3, -0.25) is 4.57 Å². The second kappa shape index (κ2) is 7.23. The van der Waals surface area contributed by atoms with Gasteiger partial charge in [-0.1, -0.05) is 30.0 Å². The lowest BCUT2D eigenvalue weighted by molar-refractivity contribution is 0.0725. The number of hydrogen-bond acceptors (Lipinski definition) is 5. The van der Waals surface area contributed by atoms with Gasteiger partial charge in [0.05, 0.1) is 13.3 Å². The van der Waals surface area contributed by atoms with Crippen LogP contribution in [0.15, 0.2) is 66.0 Å². The maximum Gasteiger partial charge on any atom is 0.362 e. The highest BCUT2D eigenvalue weighted by atomic mass is 32.2. The van der Waals surface area contributed by atoms with E-state index >= 15 is 0 Å². The average Bonchev–Trinajstić information content (AvgIpc) is 3.07. The number of ether oxygens (including phenoxy) is 2. The molecule has 6 heteroatoms. The molecule has 0 N–H and O–H groups in total. The molecule has 1 aromatic heterocycles. The molecular weight excluding hydrogens is 324 g/mol. The van der Waals surface area contributed by atoms with Gasteiger partial charge in [0.1, 0.15) is 11.5 Å². The molecule has 0 fully saturated rings. The zero-order valence-electron chi connectivity index (χ0n) is 13.3. The van der Waals surface area contributed by atoms with Crippen molar-refractivity contribution in [1.82, 2.24) is 9.55 Å². The third-order valence-corrected chi connectivity index (χ3v) is 4.06. The second-order valence-electron chi connectivity index (χ2n) is 4.87. The number of hydrogen-bond donors (Lipinski definition) is 0. The van der Waals surface area contributed by atoms with Crippen molar-refractivity contribution < 1.29 is 14.3 Å². The van der Waals surface area contributed by atoms with E-state index in [0.717, 1.165) is 10.8 Å². The van der Waals surface area contributed by atoms with Crippen LogP contribution in [-0.2, 0) is 0 Å². The molecular formula is C18H16N2O3S. The molecule has 0 amide bonds. The first-order chi connectivity index (χ1) is 11.7. The molecule has 0 aliphatic heterocycles. The van der Waals surface area contributed by atoms with Crippen molar-refractivity contribution in [2.45, 2.75) is 5.16 Å². The quantitative estimate of drug-likeness (QED) is 0.401. The van der Waals surface area contributed by atoms with Gasteiger partial charge in [-0.25, -0.2) is 9.78 Å². The molecule has 0 spiro atoms. The first kappa shape index (κ1) is 16.1. The van der Waals surface area contributed by atoms with Crippen LogP contribution in [0.25, 0.3) is 5.69 Å². The minimum Gasteiger partial charge on any atom is -0.497 e. The molecule has 3 aromatic rings. The standard InChI is InChI=1S/C18H16N2O3S/c1-22-14-8-10-15(11-9-14)23-17(21)16-12-19-18(24-2)20(16)13-6-4-3-5-7-13/h3-12H,1-2H3. The summed E-state index contributed by atoms with van der Waals surface area (Å²) in [5.41, 5.74) is 1.24.